The molecule has 1 amide bonds. The van der Waals surface area contributed by atoms with Crippen molar-refractivity contribution in [3.63, 3.8) is 0 Å². The molecule has 0 fully saturated rings. The molecule has 0 spiro atoms. The van der Waals surface area contributed by atoms with Gasteiger partial charge < -0.3 is 10.4 Å². The van der Waals surface area contributed by atoms with Crippen molar-refractivity contribution < 1.29 is 14.7 Å². The number of hydrogen-bond acceptors (Lipinski definition) is 2. The van der Waals surface area contributed by atoms with Crippen LogP contribution < -0.4 is 5.32 Å². The zero-order valence-electron chi connectivity index (χ0n) is 10.4. The summed E-state index contributed by atoms with van der Waals surface area (Å²) >= 11 is 17.6. The summed E-state index contributed by atoms with van der Waals surface area (Å²) in [6.45, 7) is 0. The Balaban J connectivity index is 2.38. The molecule has 0 heterocycles. The van der Waals surface area contributed by atoms with E-state index in [0.29, 0.717) is 5.02 Å². The minimum atomic E-state index is -1.20. The van der Waals surface area contributed by atoms with Crippen molar-refractivity contribution in [1.82, 2.24) is 0 Å². The van der Waals surface area contributed by atoms with Gasteiger partial charge in [-0.1, -0.05) is 40.9 Å². The van der Waals surface area contributed by atoms with Gasteiger partial charge in [0.1, 0.15) is 0 Å². The molecule has 0 radical (unpaired) electrons. The fraction of sp³-hybridized carbons (Fsp3) is 0. The highest BCUT2D eigenvalue weighted by molar-refractivity contribution is 6.38. The number of amides is 1. The van der Waals surface area contributed by atoms with Gasteiger partial charge in [-0.2, -0.15) is 0 Å². The molecule has 0 aliphatic heterocycles. The Morgan fingerprint density at radius 2 is 1.67 bits per heavy atom. The van der Waals surface area contributed by atoms with Crippen LogP contribution in [0.5, 0.6) is 0 Å². The second-order valence-corrected chi connectivity index (χ2v) is 5.30. The third kappa shape index (κ3) is 3.47. The van der Waals surface area contributed by atoms with Gasteiger partial charge in [0, 0.05) is 5.02 Å². The van der Waals surface area contributed by atoms with E-state index in [2.05, 4.69) is 5.32 Å². The molecule has 0 unspecified atom stereocenters. The predicted octanol–water partition coefficient (Wildman–Crippen LogP) is 4.60. The Hall–Kier alpha value is -1.75. The Morgan fingerprint density at radius 3 is 2.29 bits per heavy atom. The van der Waals surface area contributed by atoms with E-state index in [4.69, 9.17) is 39.9 Å². The Morgan fingerprint density at radius 1 is 0.952 bits per heavy atom. The van der Waals surface area contributed by atoms with Gasteiger partial charge in [-0.3, -0.25) is 4.79 Å². The second kappa shape index (κ2) is 6.35. The van der Waals surface area contributed by atoms with Gasteiger partial charge in [0.2, 0.25) is 0 Å². The summed E-state index contributed by atoms with van der Waals surface area (Å²) in [6.07, 6.45) is 0. The standard InChI is InChI=1S/C14H8Cl3NO3/c15-7-4-5-8(11(17)6-7)13(19)18-12-9(14(20)21)2-1-3-10(12)16/h1-6H,(H,18,19)(H,20,21). The van der Waals surface area contributed by atoms with Gasteiger partial charge in [0.25, 0.3) is 5.91 Å². The number of carbonyl (C=O) groups excluding carboxylic acids is 1. The van der Waals surface area contributed by atoms with Crippen LogP contribution in [0.25, 0.3) is 0 Å². The average molecular weight is 345 g/mol. The quantitative estimate of drug-likeness (QED) is 0.855. The van der Waals surface area contributed by atoms with Crippen molar-refractivity contribution in [3.8, 4) is 0 Å². The van der Waals surface area contributed by atoms with Crippen LogP contribution in [-0.2, 0) is 0 Å². The van der Waals surface area contributed by atoms with E-state index in [9.17, 15) is 9.59 Å². The van der Waals surface area contributed by atoms with E-state index in [1.807, 2.05) is 0 Å². The number of carbonyl (C=O) groups is 2. The lowest BCUT2D eigenvalue weighted by atomic mass is 10.1. The summed E-state index contributed by atoms with van der Waals surface area (Å²) in [5.41, 5.74) is 0.0703. The molecule has 0 saturated carbocycles. The second-order valence-electron chi connectivity index (χ2n) is 4.05. The number of hydrogen-bond donors (Lipinski definition) is 2. The first kappa shape index (κ1) is 15.6. The molecular weight excluding hydrogens is 337 g/mol. The molecule has 0 aliphatic rings. The number of aromatic carboxylic acids is 1. The van der Waals surface area contributed by atoms with Gasteiger partial charge in [-0.05, 0) is 30.3 Å². The molecule has 21 heavy (non-hydrogen) atoms. The highest BCUT2D eigenvalue weighted by Crippen LogP contribution is 2.28. The van der Waals surface area contributed by atoms with Crippen LogP contribution in [0.2, 0.25) is 15.1 Å². The molecular formula is C14H8Cl3NO3. The fourth-order valence-corrected chi connectivity index (χ4v) is 2.40. The van der Waals surface area contributed by atoms with E-state index in [1.165, 1.54) is 36.4 Å². The van der Waals surface area contributed by atoms with Crippen molar-refractivity contribution >= 4 is 52.4 Å². The number of rotatable bonds is 3. The maximum Gasteiger partial charge on any atom is 0.337 e. The predicted molar refractivity (Wildman–Crippen MR) is 82.8 cm³/mol. The van der Waals surface area contributed by atoms with Crippen LogP contribution in [0.3, 0.4) is 0 Å². The molecule has 2 N–H and O–H groups in total. The van der Waals surface area contributed by atoms with E-state index in [0.717, 1.165) is 0 Å². The average Bonchev–Trinajstić information content (AvgIpc) is 2.40. The molecule has 7 heteroatoms. The van der Waals surface area contributed by atoms with Gasteiger partial charge in [-0.15, -0.1) is 0 Å². The first-order valence-electron chi connectivity index (χ1n) is 5.68. The topological polar surface area (TPSA) is 66.4 Å². The molecule has 2 aromatic carbocycles. The van der Waals surface area contributed by atoms with Crippen LogP contribution in [0, 0.1) is 0 Å². The summed E-state index contributed by atoms with van der Waals surface area (Å²) < 4.78 is 0. The minimum absolute atomic E-state index is 0.0164. The molecule has 4 nitrogen and oxygen atoms in total. The zero-order chi connectivity index (χ0) is 15.6. The van der Waals surface area contributed by atoms with Crippen LogP contribution in [0.15, 0.2) is 36.4 Å². The minimum Gasteiger partial charge on any atom is -0.478 e. The summed E-state index contributed by atoms with van der Waals surface area (Å²) in [5, 5.41) is 12.2. The smallest absolute Gasteiger partial charge is 0.337 e. The number of anilines is 1. The maximum atomic E-state index is 12.2. The fourth-order valence-electron chi connectivity index (χ4n) is 1.68. The van der Waals surface area contributed by atoms with Crippen molar-refractivity contribution in [1.29, 1.82) is 0 Å². The lowest BCUT2D eigenvalue weighted by molar-refractivity contribution is 0.0698. The SMILES string of the molecule is O=C(Nc1c(Cl)cccc1C(=O)O)c1ccc(Cl)cc1Cl. The number of nitrogens with one attached hydrogen (secondary N) is 1. The lowest BCUT2D eigenvalue weighted by Gasteiger charge is -2.11. The third-order valence-corrected chi connectivity index (χ3v) is 3.52. The molecule has 0 aliphatic carbocycles. The van der Waals surface area contributed by atoms with Crippen LogP contribution in [0.4, 0.5) is 5.69 Å². The van der Waals surface area contributed by atoms with Crippen LogP contribution in [0.1, 0.15) is 20.7 Å². The number of carboxylic acids is 1. The van der Waals surface area contributed by atoms with Crippen molar-refractivity contribution in [2.45, 2.75) is 0 Å². The van der Waals surface area contributed by atoms with Crippen LogP contribution >= 0.6 is 34.8 Å². The van der Waals surface area contributed by atoms with Crippen molar-refractivity contribution in [3.05, 3.63) is 62.6 Å². The lowest BCUT2D eigenvalue weighted by Crippen LogP contribution is -2.15. The number of carboxylic acid groups (broad SMARTS) is 1. The number of para-hydroxylation sites is 1. The van der Waals surface area contributed by atoms with Gasteiger partial charge >= 0.3 is 5.97 Å². The van der Waals surface area contributed by atoms with Gasteiger partial charge in [0.15, 0.2) is 0 Å². The van der Waals surface area contributed by atoms with Crippen molar-refractivity contribution in [2.75, 3.05) is 5.32 Å². The molecule has 0 atom stereocenters. The molecule has 108 valence electrons. The normalized spacial score (nSPS) is 10.2. The Labute approximate surface area is 135 Å². The summed E-state index contributed by atoms with van der Waals surface area (Å²) in [5.74, 6) is -1.78. The summed E-state index contributed by atoms with van der Waals surface area (Å²) in [4.78, 5) is 23.3. The van der Waals surface area contributed by atoms with Gasteiger partial charge in [-0.25, -0.2) is 4.79 Å². The number of halogens is 3. The Kier molecular flexibility index (Phi) is 4.73. The van der Waals surface area contributed by atoms with E-state index >= 15 is 0 Å². The molecule has 0 aromatic heterocycles. The monoisotopic (exact) mass is 343 g/mol. The molecule has 0 bridgehead atoms. The third-order valence-electron chi connectivity index (χ3n) is 2.66. The first-order chi connectivity index (χ1) is 9.90. The highest BCUT2D eigenvalue weighted by Gasteiger charge is 2.18. The van der Waals surface area contributed by atoms with E-state index in [1.54, 1.807) is 0 Å². The summed E-state index contributed by atoms with van der Waals surface area (Å²) in [7, 11) is 0. The van der Waals surface area contributed by atoms with Gasteiger partial charge in [0.05, 0.1) is 26.9 Å². The molecule has 2 rings (SSSR count). The highest BCUT2D eigenvalue weighted by atomic mass is 35.5. The molecule has 0 saturated heterocycles. The Bertz CT molecular complexity index is 731. The molecule has 2 aromatic rings. The summed E-state index contributed by atoms with van der Waals surface area (Å²) in [6, 6.07) is 8.67. The zero-order valence-corrected chi connectivity index (χ0v) is 12.6. The number of benzene rings is 2. The van der Waals surface area contributed by atoms with E-state index in [-0.39, 0.29) is 26.9 Å². The van der Waals surface area contributed by atoms with Crippen LogP contribution in [-0.4, -0.2) is 17.0 Å². The maximum absolute atomic E-state index is 12.2. The van der Waals surface area contributed by atoms with Crippen molar-refractivity contribution in [2.24, 2.45) is 0 Å². The van der Waals surface area contributed by atoms with E-state index < -0.39 is 11.9 Å². The largest absolute Gasteiger partial charge is 0.478 e. The first-order valence-corrected chi connectivity index (χ1v) is 6.81.